The van der Waals surface area contributed by atoms with Gasteiger partial charge in [-0.3, -0.25) is 0 Å². The van der Waals surface area contributed by atoms with E-state index in [1.165, 1.54) is 88.4 Å². The number of nitrogens with zero attached hydrogens (tertiary/aromatic N) is 2. The van der Waals surface area contributed by atoms with E-state index in [-0.39, 0.29) is 0 Å². The Hall–Kier alpha value is -6.64. The van der Waals surface area contributed by atoms with Crippen LogP contribution in [0.4, 0.5) is 0 Å². The van der Waals surface area contributed by atoms with E-state index in [1.807, 2.05) is 0 Å². The van der Waals surface area contributed by atoms with Crippen molar-refractivity contribution in [2.45, 2.75) is 0 Å². The van der Waals surface area contributed by atoms with Gasteiger partial charge in [0.25, 0.3) is 0 Å². The van der Waals surface area contributed by atoms with Crippen molar-refractivity contribution >= 4 is 43.6 Å². The number of hydrogen-bond acceptors (Lipinski definition) is 0. The van der Waals surface area contributed by atoms with Crippen molar-refractivity contribution in [3.8, 4) is 44.8 Å². The Bertz CT molecular complexity index is 2860. The maximum Gasteiger partial charge on any atom is 0.0562 e. The molecule has 0 spiro atoms. The van der Waals surface area contributed by atoms with E-state index < -0.39 is 0 Å². The van der Waals surface area contributed by atoms with Gasteiger partial charge in [-0.05, 0) is 70.3 Å². The van der Waals surface area contributed by atoms with Crippen molar-refractivity contribution in [3.63, 3.8) is 0 Å². The molecule has 0 atom stereocenters. The molecule has 0 amide bonds. The number of hydrogen-bond donors (Lipinski definition) is 0. The predicted molar refractivity (Wildman–Crippen MR) is 211 cm³/mol. The zero-order chi connectivity index (χ0) is 33.0. The van der Waals surface area contributed by atoms with E-state index >= 15 is 0 Å². The van der Waals surface area contributed by atoms with E-state index in [1.54, 1.807) is 0 Å². The molecular formula is C48H32N2. The zero-order valence-corrected chi connectivity index (χ0v) is 27.4. The first-order chi connectivity index (χ1) is 24.8. The Morgan fingerprint density at radius 2 is 0.720 bits per heavy atom. The largest absolute Gasteiger partial charge is 0.309 e. The lowest BCUT2D eigenvalue weighted by molar-refractivity contribution is 1.17. The van der Waals surface area contributed by atoms with E-state index in [4.69, 9.17) is 0 Å². The SMILES string of the molecule is c1ccc(-c2cccc(-c3cccc4c3c3ccccc3n4-c3cccc4c3c3ccccc3n4-c3ccccc3-c3ccccc3)c2)cc1. The van der Waals surface area contributed by atoms with E-state index in [9.17, 15) is 0 Å². The molecule has 234 valence electrons. The summed E-state index contributed by atoms with van der Waals surface area (Å²) in [5.41, 5.74) is 14.4. The lowest BCUT2D eigenvalue weighted by atomic mass is 9.96. The van der Waals surface area contributed by atoms with Crippen LogP contribution in [0.3, 0.4) is 0 Å². The third kappa shape index (κ3) is 4.36. The lowest BCUT2D eigenvalue weighted by Crippen LogP contribution is -1.98. The highest BCUT2D eigenvalue weighted by Crippen LogP contribution is 2.43. The molecule has 10 rings (SSSR count). The van der Waals surface area contributed by atoms with Crippen LogP contribution in [0, 0.1) is 0 Å². The molecule has 2 heteroatoms. The first kappa shape index (κ1) is 28.4. The number of benzene rings is 8. The summed E-state index contributed by atoms with van der Waals surface area (Å²) in [5, 5.41) is 4.99. The summed E-state index contributed by atoms with van der Waals surface area (Å²) < 4.78 is 4.93. The molecule has 0 aliphatic carbocycles. The molecule has 0 bridgehead atoms. The minimum absolute atomic E-state index is 1.17. The van der Waals surface area contributed by atoms with Crippen LogP contribution < -0.4 is 0 Å². The maximum absolute atomic E-state index is 2.48. The molecule has 0 saturated carbocycles. The molecule has 2 nitrogen and oxygen atoms in total. The molecule has 0 aliphatic rings. The second kappa shape index (κ2) is 11.5. The average molecular weight is 637 g/mol. The normalized spacial score (nSPS) is 11.6. The fourth-order valence-corrected chi connectivity index (χ4v) is 7.99. The first-order valence-electron chi connectivity index (χ1n) is 17.2. The van der Waals surface area contributed by atoms with Gasteiger partial charge >= 0.3 is 0 Å². The summed E-state index contributed by atoms with van der Waals surface area (Å²) in [6.07, 6.45) is 0. The molecule has 8 aromatic carbocycles. The van der Waals surface area contributed by atoms with Crippen molar-refractivity contribution in [1.29, 1.82) is 0 Å². The smallest absolute Gasteiger partial charge is 0.0562 e. The average Bonchev–Trinajstić information content (AvgIpc) is 3.72. The van der Waals surface area contributed by atoms with Crippen molar-refractivity contribution in [1.82, 2.24) is 9.13 Å². The molecule has 0 fully saturated rings. The molecule has 10 aromatic rings. The summed E-state index contributed by atoms with van der Waals surface area (Å²) in [5.74, 6) is 0. The molecule has 0 N–H and O–H groups in total. The van der Waals surface area contributed by atoms with Crippen LogP contribution in [0.1, 0.15) is 0 Å². The fraction of sp³-hybridized carbons (Fsp3) is 0. The quantitative estimate of drug-likeness (QED) is 0.178. The van der Waals surface area contributed by atoms with Gasteiger partial charge in [0.2, 0.25) is 0 Å². The fourth-order valence-electron chi connectivity index (χ4n) is 7.99. The molecule has 2 aromatic heterocycles. The lowest BCUT2D eigenvalue weighted by Gasteiger charge is -2.15. The van der Waals surface area contributed by atoms with Gasteiger partial charge in [0.15, 0.2) is 0 Å². The van der Waals surface area contributed by atoms with Crippen LogP contribution >= 0.6 is 0 Å². The van der Waals surface area contributed by atoms with Crippen LogP contribution in [0.2, 0.25) is 0 Å². The van der Waals surface area contributed by atoms with Crippen molar-refractivity contribution in [2.75, 3.05) is 0 Å². The van der Waals surface area contributed by atoms with Gasteiger partial charge in [0.1, 0.15) is 0 Å². The summed E-state index contributed by atoms with van der Waals surface area (Å²) in [4.78, 5) is 0. The minimum atomic E-state index is 1.17. The highest BCUT2D eigenvalue weighted by Gasteiger charge is 2.22. The van der Waals surface area contributed by atoms with Gasteiger partial charge in [-0.1, -0.05) is 152 Å². The summed E-state index contributed by atoms with van der Waals surface area (Å²) in [6, 6.07) is 70.3. The molecule has 0 aliphatic heterocycles. The molecule has 0 radical (unpaired) electrons. The summed E-state index contributed by atoms with van der Waals surface area (Å²) in [7, 11) is 0. The zero-order valence-electron chi connectivity index (χ0n) is 27.4. The summed E-state index contributed by atoms with van der Waals surface area (Å²) in [6.45, 7) is 0. The van der Waals surface area contributed by atoms with Gasteiger partial charge in [0.05, 0.1) is 33.4 Å². The molecule has 0 saturated heterocycles. The molecule has 2 heterocycles. The van der Waals surface area contributed by atoms with Gasteiger partial charge in [0, 0.05) is 27.1 Å². The van der Waals surface area contributed by atoms with Crippen LogP contribution in [0.5, 0.6) is 0 Å². The Labute approximate surface area is 290 Å². The molecule has 0 unspecified atom stereocenters. The second-order valence-electron chi connectivity index (χ2n) is 12.9. The van der Waals surface area contributed by atoms with E-state index in [2.05, 4.69) is 203 Å². The predicted octanol–water partition coefficient (Wildman–Crippen LogP) is 12.9. The standard InChI is InChI=1S/C48H32N2/c1-3-16-33(17-4-1)35-20-13-21-36(32-35)38-25-14-29-44-47(38)39-23-8-11-27-42(39)50(44)46-31-15-30-45-48(46)40-24-9-12-28-43(40)49(45)41-26-10-7-22-37(41)34-18-5-2-6-19-34/h1-32H. The van der Waals surface area contributed by atoms with Gasteiger partial charge in [-0.25, -0.2) is 0 Å². The highest BCUT2D eigenvalue weighted by atomic mass is 15.0. The van der Waals surface area contributed by atoms with E-state index in [0.29, 0.717) is 0 Å². The monoisotopic (exact) mass is 636 g/mol. The maximum atomic E-state index is 2.48. The number of para-hydroxylation sites is 3. The number of fused-ring (bicyclic) bond motifs is 6. The Kier molecular flexibility index (Phi) is 6.53. The van der Waals surface area contributed by atoms with Crippen LogP contribution in [0.15, 0.2) is 194 Å². The Balaban J connectivity index is 1.27. The van der Waals surface area contributed by atoms with Gasteiger partial charge in [-0.15, -0.1) is 0 Å². The van der Waals surface area contributed by atoms with Gasteiger partial charge in [-0.2, -0.15) is 0 Å². The molecular weight excluding hydrogens is 605 g/mol. The Morgan fingerprint density at radius 3 is 1.48 bits per heavy atom. The van der Waals surface area contributed by atoms with Crippen LogP contribution in [-0.2, 0) is 0 Å². The van der Waals surface area contributed by atoms with Crippen LogP contribution in [0.25, 0.3) is 88.4 Å². The number of rotatable bonds is 5. The minimum Gasteiger partial charge on any atom is -0.309 e. The second-order valence-corrected chi connectivity index (χ2v) is 12.9. The van der Waals surface area contributed by atoms with Crippen LogP contribution in [-0.4, -0.2) is 9.13 Å². The molecule has 50 heavy (non-hydrogen) atoms. The number of aromatic nitrogens is 2. The summed E-state index contributed by atoms with van der Waals surface area (Å²) >= 11 is 0. The highest BCUT2D eigenvalue weighted by molar-refractivity contribution is 6.19. The topological polar surface area (TPSA) is 9.86 Å². The van der Waals surface area contributed by atoms with Crippen molar-refractivity contribution < 1.29 is 0 Å². The van der Waals surface area contributed by atoms with Crippen molar-refractivity contribution in [3.05, 3.63) is 194 Å². The first-order valence-corrected chi connectivity index (χ1v) is 17.2. The van der Waals surface area contributed by atoms with E-state index in [0.717, 1.165) is 0 Å². The van der Waals surface area contributed by atoms with Gasteiger partial charge < -0.3 is 9.13 Å². The Morgan fingerprint density at radius 1 is 0.260 bits per heavy atom. The van der Waals surface area contributed by atoms with Crippen molar-refractivity contribution in [2.24, 2.45) is 0 Å². The third-order valence-corrected chi connectivity index (χ3v) is 10.1. The third-order valence-electron chi connectivity index (χ3n) is 10.1.